The quantitative estimate of drug-likeness (QED) is 0.632. The van der Waals surface area contributed by atoms with E-state index in [4.69, 9.17) is 0 Å². The molecular formula is C18H16BrF2N5O2. The van der Waals surface area contributed by atoms with Gasteiger partial charge >= 0.3 is 6.09 Å². The van der Waals surface area contributed by atoms with Gasteiger partial charge in [0.1, 0.15) is 0 Å². The van der Waals surface area contributed by atoms with Gasteiger partial charge in [-0.05, 0) is 48.0 Å². The first-order chi connectivity index (χ1) is 13.2. The lowest BCUT2D eigenvalue weighted by Crippen LogP contribution is -2.34. The Morgan fingerprint density at radius 2 is 2.00 bits per heavy atom. The van der Waals surface area contributed by atoms with Gasteiger partial charge in [-0.3, -0.25) is 9.88 Å². The van der Waals surface area contributed by atoms with Crippen LogP contribution in [0, 0.1) is 18.6 Å². The van der Waals surface area contributed by atoms with Crippen molar-refractivity contribution in [2.24, 2.45) is 7.05 Å². The maximum Gasteiger partial charge on any atom is 0.413 e. The second-order valence-corrected chi connectivity index (χ2v) is 6.97. The molecule has 0 saturated heterocycles. The van der Waals surface area contributed by atoms with Gasteiger partial charge < -0.3 is 5.11 Å². The first-order valence-corrected chi connectivity index (χ1v) is 9.01. The zero-order valence-corrected chi connectivity index (χ0v) is 16.8. The highest BCUT2D eigenvalue weighted by molar-refractivity contribution is 9.10. The molecule has 0 aliphatic carbocycles. The first kappa shape index (κ1) is 19.9. The van der Waals surface area contributed by atoms with E-state index in [2.05, 4.69) is 31.2 Å². The topological polar surface area (TPSA) is 84.1 Å². The summed E-state index contributed by atoms with van der Waals surface area (Å²) in [5, 5.41) is 17.8. The third-order valence-corrected chi connectivity index (χ3v) is 5.15. The average molecular weight is 452 g/mol. The molecule has 1 amide bonds. The van der Waals surface area contributed by atoms with Crippen LogP contribution in [0.2, 0.25) is 0 Å². The van der Waals surface area contributed by atoms with Gasteiger partial charge in [0.15, 0.2) is 23.1 Å². The number of aromatic nitrogens is 4. The summed E-state index contributed by atoms with van der Waals surface area (Å²) in [7, 11) is 1.52. The molecule has 0 aliphatic heterocycles. The molecule has 0 bridgehead atoms. The van der Waals surface area contributed by atoms with Crippen LogP contribution in [-0.4, -0.2) is 31.2 Å². The Morgan fingerprint density at radius 1 is 1.29 bits per heavy atom. The first-order valence-electron chi connectivity index (χ1n) is 8.21. The van der Waals surface area contributed by atoms with Gasteiger partial charge in [-0.2, -0.15) is 0 Å². The molecular weight excluding hydrogens is 436 g/mol. The molecule has 10 heteroatoms. The molecule has 0 spiro atoms. The van der Waals surface area contributed by atoms with Crippen LogP contribution < -0.4 is 4.90 Å². The lowest BCUT2D eigenvalue weighted by Gasteiger charge is -2.27. The molecule has 1 atom stereocenters. The highest BCUT2D eigenvalue weighted by Crippen LogP contribution is 2.35. The molecule has 1 aromatic carbocycles. The second-order valence-electron chi connectivity index (χ2n) is 6.12. The van der Waals surface area contributed by atoms with Crippen LogP contribution in [0.15, 0.2) is 34.8 Å². The van der Waals surface area contributed by atoms with Gasteiger partial charge in [0.05, 0.1) is 17.4 Å². The molecule has 0 fully saturated rings. The van der Waals surface area contributed by atoms with E-state index in [0.29, 0.717) is 11.4 Å². The third-order valence-electron chi connectivity index (χ3n) is 4.31. The maximum atomic E-state index is 14.3. The Bertz CT molecular complexity index is 1060. The van der Waals surface area contributed by atoms with Crippen molar-refractivity contribution in [2.45, 2.75) is 19.9 Å². The molecule has 3 aromatic rings. The largest absolute Gasteiger partial charge is 0.465 e. The number of rotatable bonds is 4. The number of amides is 1. The van der Waals surface area contributed by atoms with Crippen molar-refractivity contribution in [3.8, 4) is 11.4 Å². The van der Waals surface area contributed by atoms with E-state index in [0.717, 1.165) is 15.4 Å². The predicted octanol–water partition coefficient (Wildman–Crippen LogP) is 4.47. The molecule has 0 radical (unpaired) electrons. The van der Waals surface area contributed by atoms with Crippen molar-refractivity contribution < 1.29 is 18.7 Å². The molecule has 0 unspecified atom stereocenters. The monoisotopic (exact) mass is 451 g/mol. The van der Waals surface area contributed by atoms with Crippen molar-refractivity contribution in [1.29, 1.82) is 0 Å². The number of carbonyl (C=O) groups is 1. The van der Waals surface area contributed by atoms with Gasteiger partial charge in [-0.25, -0.2) is 18.3 Å². The van der Waals surface area contributed by atoms with Crippen molar-refractivity contribution >= 4 is 27.8 Å². The maximum absolute atomic E-state index is 14.3. The molecule has 7 nitrogen and oxygen atoms in total. The number of pyridine rings is 1. The summed E-state index contributed by atoms with van der Waals surface area (Å²) in [4.78, 5) is 17.4. The zero-order valence-electron chi connectivity index (χ0n) is 15.2. The van der Waals surface area contributed by atoms with E-state index in [1.165, 1.54) is 30.8 Å². The second kappa shape index (κ2) is 7.63. The molecule has 0 aliphatic rings. The van der Waals surface area contributed by atoms with Crippen molar-refractivity contribution in [2.75, 3.05) is 4.90 Å². The Labute approximate surface area is 167 Å². The summed E-state index contributed by atoms with van der Waals surface area (Å²) in [5.74, 6) is -2.06. The number of benzene rings is 1. The van der Waals surface area contributed by atoms with Crippen LogP contribution in [0.3, 0.4) is 0 Å². The van der Waals surface area contributed by atoms with E-state index < -0.39 is 23.8 Å². The Hall–Kier alpha value is -2.88. The lowest BCUT2D eigenvalue weighted by molar-refractivity contribution is 0.199. The fourth-order valence-electron chi connectivity index (χ4n) is 2.89. The summed E-state index contributed by atoms with van der Waals surface area (Å²) in [5.41, 5.74) is 1.20. The molecule has 28 heavy (non-hydrogen) atoms. The lowest BCUT2D eigenvalue weighted by atomic mass is 10.1. The number of hydrogen-bond acceptors (Lipinski definition) is 4. The molecule has 1 N–H and O–H groups in total. The number of carboxylic acid groups (broad SMARTS) is 1. The Morgan fingerprint density at radius 3 is 2.64 bits per heavy atom. The molecule has 146 valence electrons. The van der Waals surface area contributed by atoms with Crippen LogP contribution in [0.25, 0.3) is 11.4 Å². The molecule has 2 aromatic heterocycles. The fraction of sp³-hybridized carbons (Fsp3) is 0.222. The molecule has 0 saturated carbocycles. The Kier molecular flexibility index (Phi) is 5.41. The van der Waals surface area contributed by atoms with Gasteiger partial charge in [-0.15, -0.1) is 5.10 Å². The van der Waals surface area contributed by atoms with E-state index in [9.17, 15) is 18.7 Å². The highest BCUT2D eigenvalue weighted by atomic mass is 79.9. The predicted molar refractivity (Wildman–Crippen MR) is 102 cm³/mol. The Balaban J connectivity index is 2.16. The minimum atomic E-state index is -1.36. The molecule has 3 rings (SSSR count). The number of anilines is 1. The van der Waals surface area contributed by atoms with E-state index >= 15 is 0 Å². The van der Waals surface area contributed by atoms with E-state index in [-0.39, 0.29) is 17.1 Å². The SMILES string of the molecule is Cc1nc(-c2nnn(C)c2N(C(=O)O)[C@H](C)c2cccc(F)c2F)ccc1Br. The van der Waals surface area contributed by atoms with Gasteiger partial charge in [0.2, 0.25) is 0 Å². The number of halogens is 3. The van der Waals surface area contributed by atoms with E-state index in [1.54, 1.807) is 19.1 Å². The smallest absolute Gasteiger partial charge is 0.413 e. The van der Waals surface area contributed by atoms with Crippen molar-refractivity contribution in [3.05, 3.63) is 57.7 Å². The standard InChI is InChI=1S/C18H16BrF2N5O2/c1-9-12(19)7-8-14(22-9)16-17(25(3)24-23-16)26(18(27)28)10(2)11-5-4-6-13(20)15(11)21/h4-8,10H,1-3H3,(H,27,28)/t10-/m1/s1. The summed E-state index contributed by atoms with van der Waals surface area (Å²) in [6.07, 6.45) is -1.36. The summed E-state index contributed by atoms with van der Waals surface area (Å²) in [6, 6.07) is 6.02. The summed E-state index contributed by atoms with van der Waals surface area (Å²) >= 11 is 3.36. The zero-order chi connectivity index (χ0) is 20.6. The number of aryl methyl sites for hydroxylation is 2. The van der Waals surface area contributed by atoms with Crippen LogP contribution >= 0.6 is 15.9 Å². The third kappa shape index (κ3) is 3.47. The van der Waals surface area contributed by atoms with Crippen LogP contribution in [0.1, 0.15) is 24.2 Å². The highest BCUT2D eigenvalue weighted by Gasteiger charge is 2.32. The van der Waals surface area contributed by atoms with Crippen molar-refractivity contribution in [3.63, 3.8) is 0 Å². The number of hydrogen-bond donors (Lipinski definition) is 1. The minimum Gasteiger partial charge on any atom is -0.465 e. The summed E-state index contributed by atoms with van der Waals surface area (Å²) in [6.45, 7) is 3.24. The average Bonchev–Trinajstić information content (AvgIpc) is 3.01. The van der Waals surface area contributed by atoms with E-state index in [1.807, 2.05) is 0 Å². The van der Waals surface area contributed by atoms with Crippen molar-refractivity contribution in [1.82, 2.24) is 20.0 Å². The normalized spacial score (nSPS) is 12.1. The minimum absolute atomic E-state index is 0.0953. The van der Waals surface area contributed by atoms with Gasteiger partial charge in [0, 0.05) is 17.1 Å². The van der Waals surface area contributed by atoms with Crippen LogP contribution in [0.4, 0.5) is 19.4 Å². The van der Waals surface area contributed by atoms with Crippen LogP contribution in [-0.2, 0) is 7.05 Å². The van der Waals surface area contributed by atoms with Crippen LogP contribution in [0.5, 0.6) is 0 Å². The molecule has 2 heterocycles. The van der Waals surface area contributed by atoms with Gasteiger partial charge in [-0.1, -0.05) is 17.3 Å². The number of nitrogens with zero attached hydrogens (tertiary/aromatic N) is 5. The van der Waals surface area contributed by atoms with Gasteiger partial charge in [0.25, 0.3) is 0 Å². The summed E-state index contributed by atoms with van der Waals surface area (Å²) < 4.78 is 30.0. The fourth-order valence-corrected chi connectivity index (χ4v) is 3.11.